The second-order valence-corrected chi connectivity index (χ2v) is 8.42. The summed E-state index contributed by atoms with van der Waals surface area (Å²) in [6, 6.07) is 0. The summed E-state index contributed by atoms with van der Waals surface area (Å²) < 4.78 is 20.7. The Bertz CT molecular complexity index is 403. The van der Waals surface area contributed by atoms with Crippen LogP contribution in [0.2, 0.25) is 0 Å². The third-order valence-electron chi connectivity index (χ3n) is 3.73. The van der Waals surface area contributed by atoms with Crippen molar-refractivity contribution in [3.05, 3.63) is 0 Å². The van der Waals surface area contributed by atoms with Gasteiger partial charge in [0.05, 0.1) is 16.8 Å². The molecule has 3 aliphatic rings. The molecular weight excluding hydrogens is 250 g/mol. The highest BCUT2D eigenvalue weighted by Crippen LogP contribution is 2.72. The standard InChI is InChI=1S/C13H21NO3S/c1-5-17-10(15)13-6-12(7-13,8-13)9-14-18(16)11(2,3)4/h9H,5-8H2,1-4H3. The van der Waals surface area contributed by atoms with Gasteiger partial charge in [0, 0.05) is 11.6 Å². The molecule has 0 aromatic heterocycles. The first-order chi connectivity index (χ1) is 8.23. The van der Waals surface area contributed by atoms with Gasteiger partial charge in [-0.1, -0.05) is 0 Å². The first-order valence-electron chi connectivity index (χ1n) is 6.38. The summed E-state index contributed by atoms with van der Waals surface area (Å²) in [4.78, 5) is 11.7. The van der Waals surface area contributed by atoms with Gasteiger partial charge in [-0.2, -0.15) is 4.40 Å². The van der Waals surface area contributed by atoms with Crippen LogP contribution in [0.4, 0.5) is 0 Å². The lowest BCUT2D eigenvalue weighted by Crippen LogP contribution is -2.66. The summed E-state index contributed by atoms with van der Waals surface area (Å²) in [5.41, 5.74) is -0.223. The Morgan fingerprint density at radius 2 is 1.94 bits per heavy atom. The molecule has 18 heavy (non-hydrogen) atoms. The van der Waals surface area contributed by atoms with E-state index in [4.69, 9.17) is 4.74 Å². The quantitative estimate of drug-likeness (QED) is 0.582. The van der Waals surface area contributed by atoms with E-state index in [9.17, 15) is 9.00 Å². The molecule has 0 spiro atoms. The van der Waals surface area contributed by atoms with E-state index in [2.05, 4.69) is 4.40 Å². The lowest BCUT2D eigenvalue weighted by Gasteiger charge is -2.66. The third-order valence-corrected chi connectivity index (χ3v) is 5.07. The van der Waals surface area contributed by atoms with E-state index in [-0.39, 0.29) is 21.5 Å². The molecule has 1 unspecified atom stereocenters. The molecule has 0 saturated heterocycles. The van der Waals surface area contributed by atoms with E-state index >= 15 is 0 Å². The Hall–Kier alpha value is -0.710. The maximum Gasteiger partial charge on any atom is 0.312 e. The predicted molar refractivity (Wildman–Crippen MR) is 71.7 cm³/mol. The highest BCUT2D eigenvalue weighted by atomic mass is 32.2. The van der Waals surface area contributed by atoms with Crippen molar-refractivity contribution in [1.82, 2.24) is 0 Å². The summed E-state index contributed by atoms with van der Waals surface area (Å²) in [6.07, 6.45) is 4.24. The molecule has 3 fully saturated rings. The first kappa shape index (κ1) is 13.7. The van der Waals surface area contributed by atoms with Gasteiger partial charge in [-0.05, 0) is 47.0 Å². The average molecular weight is 271 g/mol. The van der Waals surface area contributed by atoms with Crippen LogP contribution in [0.25, 0.3) is 0 Å². The van der Waals surface area contributed by atoms with Crippen LogP contribution in [0, 0.1) is 10.8 Å². The lowest BCUT2D eigenvalue weighted by molar-refractivity contribution is -0.203. The number of rotatable bonds is 4. The fraction of sp³-hybridized carbons (Fsp3) is 0.846. The molecule has 0 N–H and O–H groups in total. The summed E-state index contributed by atoms with van der Waals surface area (Å²) in [5, 5.41) is 0. The van der Waals surface area contributed by atoms with Crippen LogP contribution >= 0.6 is 0 Å². The number of carbonyl (C=O) groups excluding carboxylic acids is 1. The first-order valence-corrected chi connectivity index (χ1v) is 7.48. The maximum atomic E-state index is 11.8. The number of esters is 1. The Kier molecular flexibility index (Phi) is 3.16. The zero-order valence-electron chi connectivity index (χ0n) is 11.5. The molecule has 0 amide bonds. The highest BCUT2D eigenvalue weighted by molar-refractivity contribution is 7.85. The second-order valence-electron chi connectivity index (χ2n) is 6.49. The lowest BCUT2D eigenvalue weighted by atomic mass is 9.35. The Morgan fingerprint density at radius 1 is 1.39 bits per heavy atom. The number of nitrogens with zero attached hydrogens (tertiary/aromatic N) is 1. The van der Waals surface area contributed by atoms with Crippen molar-refractivity contribution in [2.24, 2.45) is 15.2 Å². The Morgan fingerprint density at radius 3 is 2.39 bits per heavy atom. The number of ether oxygens (including phenoxy) is 1. The average Bonchev–Trinajstić information content (AvgIpc) is 2.12. The number of carbonyl (C=O) groups is 1. The fourth-order valence-electron chi connectivity index (χ4n) is 2.82. The molecule has 3 saturated carbocycles. The van der Waals surface area contributed by atoms with Crippen molar-refractivity contribution in [2.45, 2.75) is 51.7 Å². The van der Waals surface area contributed by atoms with Crippen molar-refractivity contribution in [3.8, 4) is 0 Å². The monoisotopic (exact) mass is 271 g/mol. The zero-order valence-corrected chi connectivity index (χ0v) is 12.3. The minimum absolute atomic E-state index is 0.0215. The molecule has 102 valence electrons. The van der Waals surface area contributed by atoms with Crippen molar-refractivity contribution in [3.63, 3.8) is 0 Å². The van der Waals surface area contributed by atoms with Crippen LogP contribution in [0.1, 0.15) is 47.0 Å². The summed E-state index contributed by atoms with van der Waals surface area (Å²) >= 11 is 0. The van der Waals surface area contributed by atoms with Crippen LogP contribution in [0.15, 0.2) is 4.40 Å². The van der Waals surface area contributed by atoms with Gasteiger partial charge in [0.15, 0.2) is 0 Å². The van der Waals surface area contributed by atoms with Crippen molar-refractivity contribution in [1.29, 1.82) is 0 Å². The normalized spacial score (nSPS) is 35.8. The van der Waals surface area contributed by atoms with Crippen molar-refractivity contribution in [2.75, 3.05) is 6.61 Å². The molecule has 3 aliphatic carbocycles. The van der Waals surface area contributed by atoms with Crippen LogP contribution in [-0.2, 0) is 20.5 Å². The SMILES string of the molecule is CCOC(=O)C12CC(C=NS(=O)C(C)(C)C)(C1)C2. The molecule has 2 bridgehead atoms. The maximum absolute atomic E-state index is 11.8. The molecule has 0 radical (unpaired) electrons. The minimum Gasteiger partial charge on any atom is -0.466 e. The third kappa shape index (κ3) is 2.13. The topological polar surface area (TPSA) is 55.7 Å². The molecule has 0 aromatic rings. The molecule has 5 heteroatoms. The molecule has 1 atom stereocenters. The van der Waals surface area contributed by atoms with E-state index in [0.717, 1.165) is 19.3 Å². The van der Waals surface area contributed by atoms with E-state index in [1.165, 1.54) is 0 Å². The van der Waals surface area contributed by atoms with E-state index in [1.54, 1.807) is 0 Å². The predicted octanol–water partition coefficient (Wildman–Crippen LogP) is 2.25. The largest absolute Gasteiger partial charge is 0.466 e. The van der Waals surface area contributed by atoms with E-state index in [0.29, 0.717) is 6.61 Å². The van der Waals surface area contributed by atoms with Gasteiger partial charge >= 0.3 is 5.97 Å². The van der Waals surface area contributed by atoms with E-state index in [1.807, 2.05) is 33.9 Å². The van der Waals surface area contributed by atoms with Crippen LogP contribution in [0.3, 0.4) is 0 Å². The molecule has 0 heterocycles. The molecule has 4 nitrogen and oxygen atoms in total. The van der Waals surface area contributed by atoms with Crippen molar-refractivity contribution < 1.29 is 13.7 Å². The molecule has 0 aliphatic heterocycles. The van der Waals surface area contributed by atoms with Gasteiger partial charge in [0.1, 0.15) is 11.0 Å². The van der Waals surface area contributed by atoms with Gasteiger partial charge < -0.3 is 4.74 Å². The molecule has 0 aromatic carbocycles. The van der Waals surface area contributed by atoms with Gasteiger partial charge in [-0.15, -0.1) is 0 Å². The van der Waals surface area contributed by atoms with Crippen LogP contribution in [0.5, 0.6) is 0 Å². The van der Waals surface area contributed by atoms with Crippen LogP contribution < -0.4 is 0 Å². The molecular formula is C13H21NO3S. The fourth-order valence-corrected chi connectivity index (χ4v) is 3.46. The smallest absolute Gasteiger partial charge is 0.312 e. The van der Waals surface area contributed by atoms with Crippen LogP contribution in [-0.4, -0.2) is 27.7 Å². The van der Waals surface area contributed by atoms with Gasteiger partial charge in [-0.3, -0.25) is 4.79 Å². The number of hydrogen-bond acceptors (Lipinski definition) is 3. The Balaban J connectivity index is 1.89. The molecule has 3 rings (SSSR count). The summed E-state index contributed by atoms with van der Waals surface area (Å²) in [6.45, 7) is 7.98. The summed E-state index contributed by atoms with van der Waals surface area (Å²) in [5.74, 6) is -0.0720. The van der Waals surface area contributed by atoms with Gasteiger partial charge in [0.25, 0.3) is 0 Å². The number of hydrogen-bond donors (Lipinski definition) is 0. The van der Waals surface area contributed by atoms with Gasteiger partial charge in [0.2, 0.25) is 0 Å². The summed E-state index contributed by atoms with van der Waals surface area (Å²) in [7, 11) is -1.20. The zero-order chi connectivity index (χ0) is 13.6. The second kappa shape index (κ2) is 4.15. The van der Waals surface area contributed by atoms with E-state index < -0.39 is 11.0 Å². The minimum atomic E-state index is -1.20. The van der Waals surface area contributed by atoms with Crippen molar-refractivity contribution >= 4 is 23.2 Å². The van der Waals surface area contributed by atoms with Gasteiger partial charge in [-0.25, -0.2) is 4.21 Å². The Labute approximate surface area is 111 Å². The highest BCUT2D eigenvalue weighted by Gasteiger charge is 2.71.